The smallest absolute Gasteiger partial charge is 0.313 e. The van der Waals surface area contributed by atoms with Crippen LogP contribution in [0.3, 0.4) is 0 Å². The minimum absolute atomic E-state index is 0.0322. The van der Waals surface area contributed by atoms with Crippen LogP contribution >= 0.6 is 46.2 Å². The molecule has 1 aliphatic carbocycles. The van der Waals surface area contributed by atoms with Crippen molar-refractivity contribution in [3.8, 4) is 0 Å². The number of thiazole rings is 1. The summed E-state index contributed by atoms with van der Waals surface area (Å²) in [5.74, 6) is -1.33. The van der Waals surface area contributed by atoms with Gasteiger partial charge in [0.05, 0.1) is 0 Å². The average molecular weight is 570 g/mol. The van der Waals surface area contributed by atoms with Crippen molar-refractivity contribution in [3.05, 3.63) is 16.6 Å². The molecule has 0 spiro atoms. The summed E-state index contributed by atoms with van der Waals surface area (Å²) in [4.78, 5) is 49.6. The third-order valence-electron chi connectivity index (χ3n) is 6.27. The predicted octanol–water partition coefficient (Wildman–Crippen LogP) is 1.50. The predicted molar refractivity (Wildman–Crippen MR) is 137 cm³/mol. The number of carbonyl (C=O) groups is 3. The molecule has 2 aromatic heterocycles. The van der Waals surface area contributed by atoms with Crippen LogP contribution in [0.5, 0.6) is 0 Å². The molecule has 2 saturated heterocycles. The highest BCUT2D eigenvalue weighted by atomic mass is 32.2. The molecule has 4 heterocycles. The van der Waals surface area contributed by atoms with Crippen LogP contribution < -0.4 is 11.1 Å². The summed E-state index contributed by atoms with van der Waals surface area (Å²) in [6, 6.07) is -0.794. The van der Waals surface area contributed by atoms with E-state index in [1.165, 1.54) is 51.1 Å². The summed E-state index contributed by atoms with van der Waals surface area (Å²) in [7, 11) is 0. The number of nitrogens with one attached hydrogen (secondary N) is 1. The molecule has 192 valence electrons. The van der Waals surface area contributed by atoms with Crippen molar-refractivity contribution in [3.63, 3.8) is 0 Å². The number of anilines is 1. The van der Waals surface area contributed by atoms with E-state index in [-0.39, 0.29) is 46.2 Å². The molecule has 2 aromatic rings. The quantitative estimate of drug-likeness (QED) is 0.173. The molecule has 0 radical (unpaired) electrons. The second kappa shape index (κ2) is 10.5. The zero-order valence-corrected chi connectivity index (χ0v) is 22.1. The lowest BCUT2D eigenvalue weighted by molar-refractivity contribution is -0.157. The van der Waals surface area contributed by atoms with Gasteiger partial charge in [-0.25, -0.2) is 4.98 Å². The lowest BCUT2D eigenvalue weighted by Gasteiger charge is -2.53. The van der Waals surface area contributed by atoms with Crippen LogP contribution in [0.2, 0.25) is 0 Å². The monoisotopic (exact) mass is 569 g/mol. The Bertz CT molecular complexity index is 1170. The molecule has 16 heteroatoms. The Morgan fingerprint density at radius 1 is 1.36 bits per heavy atom. The lowest BCUT2D eigenvalue weighted by Crippen LogP contribution is -2.74. The molecule has 2 amide bonds. The van der Waals surface area contributed by atoms with Gasteiger partial charge in [-0.1, -0.05) is 28.3 Å². The number of carbonyl (C=O) groups excluding carboxylic acids is 2. The van der Waals surface area contributed by atoms with Gasteiger partial charge in [0.1, 0.15) is 34.1 Å². The van der Waals surface area contributed by atoms with Crippen LogP contribution in [-0.4, -0.2) is 84.3 Å². The van der Waals surface area contributed by atoms with Crippen molar-refractivity contribution >= 4 is 74.8 Å². The van der Waals surface area contributed by atoms with Crippen LogP contribution in [0.4, 0.5) is 5.13 Å². The summed E-state index contributed by atoms with van der Waals surface area (Å²) >= 11 is 5.18. The van der Waals surface area contributed by atoms with Gasteiger partial charge in [0.25, 0.3) is 5.91 Å². The molecule has 12 nitrogen and oxygen atoms in total. The van der Waals surface area contributed by atoms with Gasteiger partial charge in [-0.15, -0.1) is 33.3 Å². The van der Waals surface area contributed by atoms with E-state index in [0.29, 0.717) is 10.1 Å². The minimum Gasteiger partial charge on any atom is -0.481 e. The Hall–Kier alpha value is -2.43. The van der Waals surface area contributed by atoms with Crippen LogP contribution in [0.15, 0.2) is 20.4 Å². The van der Waals surface area contributed by atoms with Crippen molar-refractivity contribution in [2.75, 3.05) is 23.8 Å². The van der Waals surface area contributed by atoms with Gasteiger partial charge in [0.2, 0.25) is 5.91 Å². The number of β-lactam (4-membered cyclic amide) rings is 1. The number of fused-ring (bicyclic) bond motifs is 1. The van der Waals surface area contributed by atoms with Crippen molar-refractivity contribution in [1.82, 2.24) is 25.4 Å². The third-order valence-corrected chi connectivity index (χ3v) is 10.7. The van der Waals surface area contributed by atoms with Gasteiger partial charge in [-0.3, -0.25) is 14.4 Å². The fourth-order valence-electron chi connectivity index (χ4n) is 4.26. The molecule has 1 saturated carbocycles. The van der Waals surface area contributed by atoms with Crippen LogP contribution in [-0.2, 0) is 19.2 Å². The van der Waals surface area contributed by atoms with E-state index < -0.39 is 23.3 Å². The molecule has 0 aromatic carbocycles. The number of aliphatic carboxylic acids is 1. The Labute approximate surface area is 222 Å². The summed E-state index contributed by atoms with van der Waals surface area (Å²) in [5.41, 5.74) is 6.46. The van der Waals surface area contributed by atoms with Gasteiger partial charge in [0.15, 0.2) is 15.2 Å². The maximum absolute atomic E-state index is 13.2. The van der Waals surface area contributed by atoms with Gasteiger partial charge < -0.3 is 25.9 Å². The van der Waals surface area contributed by atoms with Crippen LogP contribution in [0.25, 0.3) is 0 Å². The highest BCUT2D eigenvalue weighted by molar-refractivity contribution is 8.01. The molecule has 3 fully saturated rings. The zero-order valence-electron chi connectivity index (χ0n) is 18.9. The number of nitrogens with two attached hydrogens (primary N) is 1. The molecule has 36 heavy (non-hydrogen) atoms. The molecule has 4 N–H and O–H groups in total. The van der Waals surface area contributed by atoms with Crippen LogP contribution in [0.1, 0.15) is 31.4 Å². The second-order valence-electron chi connectivity index (χ2n) is 8.72. The lowest BCUT2D eigenvalue weighted by atomic mass is 9.89. The Morgan fingerprint density at radius 2 is 2.17 bits per heavy atom. The Balaban J connectivity index is 1.25. The maximum Gasteiger partial charge on any atom is 0.313 e. The van der Waals surface area contributed by atoms with Crippen LogP contribution in [0, 0.1) is 5.41 Å². The number of aromatic nitrogens is 3. The molecule has 2 aliphatic heterocycles. The fraction of sp³-hybridized carbons (Fsp3) is 0.550. The molecule has 3 aliphatic rings. The number of hydrogen-bond donors (Lipinski definition) is 3. The van der Waals surface area contributed by atoms with Gasteiger partial charge in [-0.2, -0.15) is 0 Å². The number of carboxylic acid groups (broad SMARTS) is 1. The summed E-state index contributed by atoms with van der Waals surface area (Å²) < 4.78 is 0.678. The first-order valence-corrected chi connectivity index (χ1v) is 15.0. The molecule has 3 atom stereocenters. The summed E-state index contributed by atoms with van der Waals surface area (Å²) in [6.45, 7) is 0.0609. The fourth-order valence-corrected chi connectivity index (χ4v) is 8.16. The van der Waals surface area contributed by atoms with E-state index in [4.69, 9.17) is 10.6 Å². The van der Waals surface area contributed by atoms with E-state index >= 15 is 0 Å². The number of nitrogen functional groups attached to an aromatic ring is 1. The first-order chi connectivity index (χ1) is 17.4. The number of thioether (sulfide) groups is 2. The van der Waals surface area contributed by atoms with Gasteiger partial charge in [-0.05, 0) is 25.7 Å². The first kappa shape index (κ1) is 25.2. The van der Waals surface area contributed by atoms with Crippen molar-refractivity contribution in [2.45, 2.75) is 47.5 Å². The highest BCUT2D eigenvalue weighted by Gasteiger charge is 2.57. The minimum atomic E-state index is -1.12. The number of rotatable bonds is 9. The number of amides is 2. The Morgan fingerprint density at radius 3 is 2.83 bits per heavy atom. The molecule has 2 unspecified atom stereocenters. The highest BCUT2D eigenvalue weighted by Crippen LogP contribution is 2.44. The summed E-state index contributed by atoms with van der Waals surface area (Å²) in [5, 5.41) is 26.1. The summed E-state index contributed by atoms with van der Waals surface area (Å²) in [6.07, 6.45) is 3.78. The third kappa shape index (κ3) is 5.03. The second-order valence-corrected chi connectivity index (χ2v) is 12.8. The van der Waals surface area contributed by atoms with E-state index in [1.807, 2.05) is 0 Å². The standard InChI is InChI=1S/C20H23N7O5S4/c21-18-23-11(5-33-18)12(26-32-10-3-1-2-4-10)14(28)24-13-15(29)27-6-20(17(30)31,7-34-16(13)27)8-35-19-25-22-9-36-19/h5,9-10,13,16H,1-4,6-8H2,(H2,21,23)(H,24,28)(H,30,31)/t13?,16-,20?/m1/s1. The van der Waals surface area contributed by atoms with Crippen molar-refractivity contribution in [1.29, 1.82) is 0 Å². The van der Waals surface area contributed by atoms with Crippen molar-refractivity contribution < 1.29 is 24.3 Å². The Kier molecular flexibility index (Phi) is 7.37. The first-order valence-electron chi connectivity index (χ1n) is 11.2. The largest absolute Gasteiger partial charge is 0.481 e. The molecular formula is C20H23N7O5S4. The zero-order chi connectivity index (χ0) is 25.3. The van der Waals surface area contributed by atoms with E-state index in [9.17, 15) is 19.5 Å². The normalized spacial score (nSPS) is 26.4. The van der Waals surface area contributed by atoms with Crippen molar-refractivity contribution in [2.24, 2.45) is 10.6 Å². The SMILES string of the molecule is Nc1nc(C(=NOC2CCCC2)C(=O)NC2C(=O)N3CC(CSc4nncs4)(C(=O)O)CS[C@H]23)cs1. The van der Waals surface area contributed by atoms with E-state index in [2.05, 4.69) is 25.7 Å². The maximum atomic E-state index is 13.2. The topological polar surface area (TPSA) is 173 Å². The number of nitrogens with zero attached hydrogens (tertiary/aromatic N) is 5. The number of hydrogen-bond acceptors (Lipinski definition) is 13. The number of oxime groups is 1. The number of carboxylic acids is 1. The van der Waals surface area contributed by atoms with Gasteiger partial charge in [0, 0.05) is 23.4 Å². The molecule has 0 bridgehead atoms. The van der Waals surface area contributed by atoms with Gasteiger partial charge >= 0.3 is 5.97 Å². The molecular weight excluding hydrogens is 547 g/mol. The van der Waals surface area contributed by atoms with E-state index in [1.54, 1.807) is 10.9 Å². The molecule has 5 rings (SSSR count). The van der Waals surface area contributed by atoms with E-state index in [0.717, 1.165) is 25.7 Å². The average Bonchev–Trinajstić information content (AvgIpc) is 3.65.